The average molecular weight is 263 g/mol. The van der Waals surface area contributed by atoms with Gasteiger partial charge in [0.2, 0.25) is 0 Å². The highest BCUT2D eigenvalue weighted by atomic mass is 14.9. The van der Waals surface area contributed by atoms with E-state index in [1.54, 1.807) is 0 Å². The summed E-state index contributed by atoms with van der Waals surface area (Å²) < 4.78 is 0. The van der Waals surface area contributed by atoms with E-state index in [0.717, 1.165) is 6.54 Å². The van der Waals surface area contributed by atoms with E-state index in [9.17, 15) is 0 Å². The highest BCUT2D eigenvalue weighted by Gasteiger charge is 2.14. The minimum absolute atomic E-state index is 0.572. The van der Waals surface area contributed by atoms with Gasteiger partial charge < -0.3 is 5.32 Å². The second-order valence-electron chi connectivity index (χ2n) is 5.39. The van der Waals surface area contributed by atoms with E-state index in [1.807, 2.05) is 0 Å². The third-order valence-electron chi connectivity index (χ3n) is 3.94. The van der Waals surface area contributed by atoms with E-state index in [2.05, 4.69) is 72.1 Å². The summed E-state index contributed by atoms with van der Waals surface area (Å²) in [6, 6.07) is 19.3. The van der Waals surface area contributed by atoms with Gasteiger partial charge in [-0.1, -0.05) is 60.7 Å². The average Bonchev–Trinajstić information content (AvgIpc) is 2.55. The van der Waals surface area contributed by atoms with Crippen molar-refractivity contribution in [2.45, 2.75) is 31.7 Å². The molecular formula is C19H21N. The number of allylic oxidation sites excluding steroid dienone is 2. The first-order valence-corrected chi connectivity index (χ1v) is 7.47. The Labute approximate surface area is 121 Å². The Balaban J connectivity index is 1.76. The van der Waals surface area contributed by atoms with Gasteiger partial charge in [0.15, 0.2) is 0 Å². The summed E-state index contributed by atoms with van der Waals surface area (Å²) in [5.41, 5.74) is 4.02. The molecule has 0 radical (unpaired) electrons. The Hall–Kier alpha value is -2.02. The quantitative estimate of drug-likeness (QED) is 0.755. The molecule has 1 heteroatoms. The maximum atomic E-state index is 3.59. The minimum atomic E-state index is 0.572. The lowest BCUT2D eigenvalue weighted by atomic mass is 9.88. The fraction of sp³-hybridized carbons (Fsp3) is 0.263. The molecule has 0 spiro atoms. The molecule has 0 aromatic heterocycles. The lowest BCUT2D eigenvalue weighted by Gasteiger charge is -2.20. The molecule has 0 saturated heterocycles. The zero-order valence-electron chi connectivity index (χ0n) is 11.8. The van der Waals surface area contributed by atoms with Gasteiger partial charge >= 0.3 is 0 Å². The van der Waals surface area contributed by atoms with Crippen molar-refractivity contribution in [2.24, 2.45) is 0 Å². The second-order valence-corrected chi connectivity index (χ2v) is 5.39. The molecular weight excluding hydrogens is 242 g/mol. The molecule has 0 heterocycles. The van der Waals surface area contributed by atoms with Gasteiger partial charge in [0, 0.05) is 18.2 Å². The van der Waals surface area contributed by atoms with Crippen molar-refractivity contribution >= 4 is 5.69 Å². The number of benzene rings is 2. The van der Waals surface area contributed by atoms with Crippen molar-refractivity contribution in [3.63, 3.8) is 0 Å². The molecule has 0 saturated carbocycles. The van der Waals surface area contributed by atoms with Crippen LogP contribution < -0.4 is 5.32 Å². The van der Waals surface area contributed by atoms with Crippen LogP contribution in [0.5, 0.6) is 0 Å². The third-order valence-corrected chi connectivity index (χ3v) is 3.94. The largest absolute Gasteiger partial charge is 0.381 e. The van der Waals surface area contributed by atoms with Gasteiger partial charge in [-0.15, -0.1) is 0 Å². The third kappa shape index (κ3) is 3.11. The first kappa shape index (κ1) is 13.0. The van der Waals surface area contributed by atoms with Crippen LogP contribution in [0.25, 0.3) is 0 Å². The van der Waals surface area contributed by atoms with Crippen LogP contribution >= 0.6 is 0 Å². The predicted octanol–water partition coefficient (Wildman–Crippen LogP) is 5.12. The topological polar surface area (TPSA) is 12.0 Å². The summed E-state index contributed by atoms with van der Waals surface area (Å²) in [6.45, 7) is 0.883. The van der Waals surface area contributed by atoms with Crippen molar-refractivity contribution in [1.29, 1.82) is 0 Å². The molecule has 0 bridgehead atoms. The summed E-state index contributed by atoms with van der Waals surface area (Å²) in [6.07, 6.45) is 8.49. The summed E-state index contributed by atoms with van der Waals surface area (Å²) in [5.74, 6) is 0.572. The molecule has 3 rings (SSSR count). The van der Waals surface area contributed by atoms with Crippen LogP contribution in [0.15, 0.2) is 66.7 Å². The number of hydrogen-bond donors (Lipinski definition) is 1. The fourth-order valence-corrected chi connectivity index (χ4v) is 2.85. The van der Waals surface area contributed by atoms with Crippen LogP contribution in [0, 0.1) is 0 Å². The molecule has 1 unspecified atom stereocenters. The maximum Gasteiger partial charge on any atom is 0.0400 e. The van der Waals surface area contributed by atoms with Crippen LogP contribution in [-0.4, -0.2) is 0 Å². The van der Waals surface area contributed by atoms with Crippen molar-refractivity contribution in [2.75, 3.05) is 5.32 Å². The van der Waals surface area contributed by atoms with Crippen LogP contribution in [0.4, 0.5) is 5.69 Å². The van der Waals surface area contributed by atoms with Gasteiger partial charge in [0.05, 0.1) is 0 Å². The summed E-state index contributed by atoms with van der Waals surface area (Å²) in [7, 11) is 0. The molecule has 1 N–H and O–H groups in total. The molecule has 0 fully saturated rings. The molecule has 2 aromatic rings. The Kier molecular flexibility index (Phi) is 4.17. The first-order chi connectivity index (χ1) is 9.93. The van der Waals surface area contributed by atoms with E-state index < -0.39 is 0 Å². The molecule has 0 amide bonds. The molecule has 1 aliphatic rings. The molecule has 1 nitrogen and oxygen atoms in total. The lowest BCUT2D eigenvalue weighted by Crippen LogP contribution is -2.06. The van der Waals surface area contributed by atoms with Gasteiger partial charge in [-0.3, -0.25) is 0 Å². The molecule has 0 aliphatic heterocycles. The van der Waals surface area contributed by atoms with Crippen LogP contribution in [0.3, 0.4) is 0 Å². The van der Waals surface area contributed by atoms with Crippen molar-refractivity contribution < 1.29 is 0 Å². The monoisotopic (exact) mass is 263 g/mol. The summed E-state index contributed by atoms with van der Waals surface area (Å²) in [4.78, 5) is 0. The zero-order chi connectivity index (χ0) is 13.6. The van der Waals surface area contributed by atoms with Crippen LogP contribution in [-0.2, 0) is 6.54 Å². The Morgan fingerprint density at radius 2 is 1.75 bits per heavy atom. The van der Waals surface area contributed by atoms with Crippen molar-refractivity contribution in [3.8, 4) is 0 Å². The van der Waals surface area contributed by atoms with Crippen molar-refractivity contribution in [3.05, 3.63) is 77.9 Å². The smallest absolute Gasteiger partial charge is 0.0400 e. The van der Waals surface area contributed by atoms with Crippen LogP contribution in [0.1, 0.15) is 36.3 Å². The highest BCUT2D eigenvalue weighted by molar-refractivity contribution is 5.54. The summed E-state index contributed by atoms with van der Waals surface area (Å²) >= 11 is 0. The number of nitrogens with one attached hydrogen (secondary N) is 1. The van der Waals surface area contributed by atoms with E-state index in [-0.39, 0.29) is 0 Å². The Morgan fingerprint density at radius 1 is 0.950 bits per heavy atom. The SMILES string of the molecule is C1=CC(c2ccccc2NCc2ccccc2)CCC1. The normalized spacial score (nSPS) is 17.9. The Bertz CT molecular complexity index is 571. The molecule has 102 valence electrons. The lowest BCUT2D eigenvalue weighted by molar-refractivity contribution is 0.655. The van der Waals surface area contributed by atoms with Gasteiger partial charge in [0.1, 0.15) is 0 Å². The van der Waals surface area contributed by atoms with E-state index in [1.165, 1.54) is 36.1 Å². The number of para-hydroxylation sites is 1. The molecule has 2 aromatic carbocycles. The van der Waals surface area contributed by atoms with E-state index >= 15 is 0 Å². The van der Waals surface area contributed by atoms with Gasteiger partial charge in [-0.05, 0) is 36.5 Å². The number of rotatable bonds is 4. The zero-order valence-corrected chi connectivity index (χ0v) is 11.8. The Morgan fingerprint density at radius 3 is 2.55 bits per heavy atom. The maximum absolute atomic E-state index is 3.59. The highest BCUT2D eigenvalue weighted by Crippen LogP contribution is 2.32. The minimum Gasteiger partial charge on any atom is -0.381 e. The molecule has 1 aliphatic carbocycles. The van der Waals surface area contributed by atoms with Crippen molar-refractivity contribution in [1.82, 2.24) is 0 Å². The fourth-order valence-electron chi connectivity index (χ4n) is 2.85. The number of anilines is 1. The van der Waals surface area contributed by atoms with Crippen LogP contribution in [0.2, 0.25) is 0 Å². The number of hydrogen-bond acceptors (Lipinski definition) is 1. The first-order valence-electron chi connectivity index (χ1n) is 7.47. The van der Waals surface area contributed by atoms with Gasteiger partial charge in [-0.2, -0.15) is 0 Å². The predicted molar refractivity (Wildman–Crippen MR) is 85.9 cm³/mol. The van der Waals surface area contributed by atoms with E-state index in [0.29, 0.717) is 5.92 Å². The van der Waals surface area contributed by atoms with Gasteiger partial charge in [-0.25, -0.2) is 0 Å². The summed E-state index contributed by atoms with van der Waals surface area (Å²) in [5, 5.41) is 3.59. The van der Waals surface area contributed by atoms with Gasteiger partial charge in [0.25, 0.3) is 0 Å². The van der Waals surface area contributed by atoms with E-state index in [4.69, 9.17) is 0 Å². The second kappa shape index (κ2) is 6.42. The molecule has 20 heavy (non-hydrogen) atoms. The standard InChI is InChI=1S/C19H21N/c1-3-9-16(10-4-1)15-20-19-14-8-7-13-18(19)17-11-5-2-6-12-17/h1,3-5,7-11,13-14,17,20H,2,6,12,15H2. The molecule has 1 atom stereocenters.